The largest absolute Gasteiger partial charge is 0.415 e. The summed E-state index contributed by atoms with van der Waals surface area (Å²) in [7, 11) is 0. The smallest absolute Gasteiger partial charge is 0.410 e. The lowest BCUT2D eigenvalue weighted by molar-refractivity contribution is 0.103. The van der Waals surface area contributed by atoms with Crippen molar-refractivity contribution >= 4 is 11.9 Å². The molecule has 1 aliphatic rings. The molecule has 4 nitrogen and oxygen atoms in total. The molecule has 3 rings (SSSR count). The molecule has 1 aliphatic heterocycles. The third-order valence-corrected chi connectivity index (χ3v) is 3.97. The van der Waals surface area contributed by atoms with Crippen LogP contribution in [-0.4, -0.2) is 29.9 Å². The Bertz CT molecular complexity index is 674. The van der Waals surface area contributed by atoms with Crippen LogP contribution in [0.2, 0.25) is 0 Å². The van der Waals surface area contributed by atoms with E-state index in [2.05, 4.69) is 0 Å². The van der Waals surface area contributed by atoms with Gasteiger partial charge in [-0.3, -0.25) is 4.79 Å². The third kappa shape index (κ3) is 3.77. The minimum Gasteiger partial charge on any atom is -0.410 e. The summed E-state index contributed by atoms with van der Waals surface area (Å²) in [4.78, 5) is 26.1. The monoisotopic (exact) mass is 309 g/mol. The van der Waals surface area contributed by atoms with E-state index in [9.17, 15) is 9.59 Å². The van der Waals surface area contributed by atoms with Crippen molar-refractivity contribution in [1.82, 2.24) is 4.90 Å². The van der Waals surface area contributed by atoms with E-state index in [1.54, 1.807) is 41.3 Å². The predicted octanol–water partition coefficient (Wildman–Crippen LogP) is 3.90. The van der Waals surface area contributed by atoms with Crippen LogP contribution < -0.4 is 4.74 Å². The third-order valence-electron chi connectivity index (χ3n) is 3.97. The standard InChI is InChI=1S/C19H19NO3/c21-18(15-7-3-1-4-8-15)16-9-11-17(12-10-16)23-19(22)20-13-5-2-6-14-20/h1,3-4,7-12H,2,5-6,13-14H2. The number of hydrogen-bond donors (Lipinski definition) is 0. The van der Waals surface area contributed by atoms with Crippen molar-refractivity contribution in [2.75, 3.05) is 13.1 Å². The molecule has 0 aromatic heterocycles. The SMILES string of the molecule is O=C(c1ccccc1)c1ccc(OC(=O)N2CCCCC2)cc1. The molecule has 0 unspecified atom stereocenters. The van der Waals surface area contributed by atoms with Gasteiger partial charge in [0.25, 0.3) is 0 Å². The maximum atomic E-state index is 12.3. The van der Waals surface area contributed by atoms with Crippen LogP contribution in [0.4, 0.5) is 4.79 Å². The van der Waals surface area contributed by atoms with E-state index in [4.69, 9.17) is 4.74 Å². The van der Waals surface area contributed by atoms with Crippen molar-refractivity contribution in [2.24, 2.45) is 0 Å². The average molecular weight is 309 g/mol. The Morgan fingerprint density at radius 1 is 0.783 bits per heavy atom. The van der Waals surface area contributed by atoms with Gasteiger partial charge in [0.1, 0.15) is 5.75 Å². The van der Waals surface area contributed by atoms with Crippen molar-refractivity contribution in [1.29, 1.82) is 0 Å². The second-order valence-corrected chi connectivity index (χ2v) is 5.64. The number of carbonyl (C=O) groups excluding carboxylic acids is 2. The molecule has 2 aromatic carbocycles. The molecule has 23 heavy (non-hydrogen) atoms. The number of carbonyl (C=O) groups is 2. The van der Waals surface area contributed by atoms with Gasteiger partial charge in [0, 0.05) is 24.2 Å². The highest BCUT2D eigenvalue weighted by atomic mass is 16.6. The second kappa shape index (κ2) is 7.09. The molecule has 1 fully saturated rings. The molecule has 1 heterocycles. The summed E-state index contributed by atoms with van der Waals surface area (Å²) in [6.07, 6.45) is 2.91. The fourth-order valence-electron chi connectivity index (χ4n) is 2.67. The number of hydrogen-bond acceptors (Lipinski definition) is 3. The number of nitrogens with zero attached hydrogens (tertiary/aromatic N) is 1. The number of likely N-dealkylation sites (tertiary alicyclic amines) is 1. The normalized spacial score (nSPS) is 14.3. The van der Waals surface area contributed by atoms with Gasteiger partial charge >= 0.3 is 6.09 Å². The van der Waals surface area contributed by atoms with E-state index in [1.165, 1.54) is 6.42 Å². The number of ether oxygens (including phenoxy) is 1. The van der Waals surface area contributed by atoms with Gasteiger partial charge in [-0.2, -0.15) is 0 Å². The van der Waals surface area contributed by atoms with Gasteiger partial charge in [-0.05, 0) is 43.5 Å². The Balaban J connectivity index is 1.65. The summed E-state index contributed by atoms with van der Waals surface area (Å²) < 4.78 is 5.37. The van der Waals surface area contributed by atoms with E-state index in [0.717, 1.165) is 25.9 Å². The van der Waals surface area contributed by atoms with Crippen LogP contribution in [0.1, 0.15) is 35.2 Å². The van der Waals surface area contributed by atoms with Crippen molar-refractivity contribution in [3.8, 4) is 5.75 Å². The first kappa shape index (κ1) is 15.3. The quantitative estimate of drug-likeness (QED) is 0.808. The first-order valence-corrected chi connectivity index (χ1v) is 7.90. The zero-order valence-electron chi connectivity index (χ0n) is 12.9. The van der Waals surface area contributed by atoms with Gasteiger partial charge in [-0.25, -0.2) is 4.79 Å². The highest BCUT2D eigenvalue weighted by Crippen LogP contribution is 2.17. The maximum Gasteiger partial charge on any atom is 0.415 e. The van der Waals surface area contributed by atoms with E-state index >= 15 is 0 Å². The molecule has 0 aliphatic carbocycles. The maximum absolute atomic E-state index is 12.3. The number of rotatable bonds is 3. The Hall–Kier alpha value is -2.62. The van der Waals surface area contributed by atoms with E-state index in [1.807, 2.05) is 18.2 Å². The first-order valence-electron chi connectivity index (χ1n) is 7.90. The van der Waals surface area contributed by atoms with Crippen LogP contribution in [0.5, 0.6) is 5.75 Å². The highest BCUT2D eigenvalue weighted by molar-refractivity contribution is 6.09. The van der Waals surface area contributed by atoms with Gasteiger partial charge in [-0.1, -0.05) is 30.3 Å². The molecule has 0 radical (unpaired) electrons. The molecule has 0 atom stereocenters. The first-order chi connectivity index (χ1) is 11.2. The summed E-state index contributed by atoms with van der Waals surface area (Å²) in [5.41, 5.74) is 1.22. The van der Waals surface area contributed by atoms with Crippen LogP contribution in [-0.2, 0) is 0 Å². The van der Waals surface area contributed by atoms with Crippen LogP contribution in [0.25, 0.3) is 0 Å². The summed E-state index contributed by atoms with van der Waals surface area (Å²) in [6, 6.07) is 15.8. The number of piperidine rings is 1. The molecule has 118 valence electrons. The van der Waals surface area contributed by atoms with Gasteiger partial charge < -0.3 is 9.64 Å². The number of benzene rings is 2. The molecule has 0 bridgehead atoms. The topological polar surface area (TPSA) is 46.6 Å². The van der Waals surface area contributed by atoms with Gasteiger partial charge in [0.2, 0.25) is 0 Å². The fraction of sp³-hybridized carbons (Fsp3) is 0.263. The van der Waals surface area contributed by atoms with Crippen molar-refractivity contribution in [3.63, 3.8) is 0 Å². The molecular formula is C19H19NO3. The lowest BCUT2D eigenvalue weighted by Gasteiger charge is -2.25. The molecule has 0 N–H and O–H groups in total. The lowest BCUT2D eigenvalue weighted by atomic mass is 10.0. The molecule has 0 saturated carbocycles. The lowest BCUT2D eigenvalue weighted by Crippen LogP contribution is -2.37. The van der Waals surface area contributed by atoms with Crippen molar-refractivity contribution in [3.05, 3.63) is 65.7 Å². The molecule has 0 spiro atoms. The van der Waals surface area contributed by atoms with Gasteiger partial charge in [0.05, 0.1) is 0 Å². The number of amides is 1. The molecule has 1 saturated heterocycles. The summed E-state index contributed by atoms with van der Waals surface area (Å²) in [5.74, 6) is 0.421. The molecular weight excluding hydrogens is 290 g/mol. The predicted molar refractivity (Wildman–Crippen MR) is 87.8 cm³/mol. The van der Waals surface area contributed by atoms with Crippen molar-refractivity contribution in [2.45, 2.75) is 19.3 Å². The Morgan fingerprint density at radius 3 is 2.04 bits per heavy atom. The van der Waals surface area contributed by atoms with Crippen LogP contribution in [0.3, 0.4) is 0 Å². The highest BCUT2D eigenvalue weighted by Gasteiger charge is 2.18. The Labute approximate surface area is 135 Å². The van der Waals surface area contributed by atoms with Crippen LogP contribution in [0.15, 0.2) is 54.6 Å². The minimum absolute atomic E-state index is 0.0421. The van der Waals surface area contributed by atoms with Crippen LogP contribution >= 0.6 is 0 Å². The fourth-order valence-corrected chi connectivity index (χ4v) is 2.67. The minimum atomic E-state index is -0.313. The molecule has 4 heteroatoms. The summed E-state index contributed by atoms with van der Waals surface area (Å²) in [6.45, 7) is 1.51. The van der Waals surface area contributed by atoms with Gasteiger partial charge in [0.15, 0.2) is 5.78 Å². The number of ketones is 1. The van der Waals surface area contributed by atoms with Crippen LogP contribution in [0, 0.1) is 0 Å². The summed E-state index contributed by atoms with van der Waals surface area (Å²) in [5, 5.41) is 0. The Kier molecular flexibility index (Phi) is 4.71. The summed E-state index contributed by atoms with van der Waals surface area (Å²) >= 11 is 0. The average Bonchev–Trinajstić information content (AvgIpc) is 2.63. The van der Waals surface area contributed by atoms with Gasteiger partial charge in [-0.15, -0.1) is 0 Å². The van der Waals surface area contributed by atoms with Crippen molar-refractivity contribution < 1.29 is 14.3 Å². The zero-order chi connectivity index (χ0) is 16.1. The van der Waals surface area contributed by atoms with E-state index in [0.29, 0.717) is 16.9 Å². The van der Waals surface area contributed by atoms with E-state index in [-0.39, 0.29) is 11.9 Å². The molecule has 2 aromatic rings. The zero-order valence-corrected chi connectivity index (χ0v) is 12.9. The second-order valence-electron chi connectivity index (χ2n) is 5.64. The molecule has 1 amide bonds. The van der Waals surface area contributed by atoms with E-state index < -0.39 is 0 Å². The Morgan fingerprint density at radius 2 is 1.39 bits per heavy atom.